The van der Waals surface area contributed by atoms with Crippen LogP contribution >= 0.6 is 24.0 Å². The molecule has 0 saturated carbocycles. The Morgan fingerprint density at radius 2 is 2.05 bits per heavy atom. The highest BCUT2D eigenvalue weighted by Gasteiger charge is 2.30. The van der Waals surface area contributed by atoms with E-state index in [1.54, 1.807) is 0 Å². The molecule has 0 aliphatic carbocycles. The molecule has 0 amide bonds. The van der Waals surface area contributed by atoms with Crippen molar-refractivity contribution in [3.63, 3.8) is 0 Å². The zero-order chi connectivity index (χ0) is 15.0. The van der Waals surface area contributed by atoms with Gasteiger partial charge in [0.2, 0.25) is 0 Å². The monoisotopic (exact) mass is 411 g/mol. The number of hydrogen-bond acceptors (Lipinski definition) is 2. The van der Waals surface area contributed by atoms with Gasteiger partial charge < -0.3 is 15.3 Å². The Hall–Kier alpha value is -0.0400. The van der Waals surface area contributed by atoms with E-state index in [2.05, 4.69) is 37.9 Å². The molecule has 1 rings (SSSR count). The summed E-state index contributed by atoms with van der Waals surface area (Å²) in [5, 5.41) is 12.6. The van der Waals surface area contributed by atoms with Crippen molar-refractivity contribution in [3.05, 3.63) is 0 Å². The maximum Gasteiger partial charge on any atom is 0.193 e. The van der Waals surface area contributed by atoms with Crippen LogP contribution in [0.3, 0.4) is 0 Å². The summed E-state index contributed by atoms with van der Waals surface area (Å²) in [5.74, 6) is 1.56. The van der Waals surface area contributed by atoms with Crippen molar-refractivity contribution in [1.29, 1.82) is 0 Å². The first-order chi connectivity index (χ1) is 9.52. The van der Waals surface area contributed by atoms with E-state index < -0.39 is 0 Å². The first-order valence-electron chi connectivity index (χ1n) is 8.16. The predicted molar refractivity (Wildman–Crippen MR) is 101 cm³/mol. The summed E-state index contributed by atoms with van der Waals surface area (Å²) in [6.45, 7) is 13.1. The fourth-order valence-corrected chi connectivity index (χ4v) is 2.85. The minimum atomic E-state index is 0. The SMILES string of the molecule is CCCC(CCO)CN=C(NCC)N1CCC(C)(C)C1.I. The molecule has 1 unspecified atom stereocenters. The number of nitrogens with zero attached hydrogens (tertiary/aromatic N) is 2. The van der Waals surface area contributed by atoms with Gasteiger partial charge in [-0.15, -0.1) is 24.0 Å². The van der Waals surface area contributed by atoms with Crippen LogP contribution in [0.1, 0.15) is 53.4 Å². The minimum absolute atomic E-state index is 0. The Balaban J connectivity index is 0.00000400. The average Bonchev–Trinajstić information content (AvgIpc) is 2.75. The molecule has 0 spiro atoms. The second-order valence-corrected chi connectivity index (χ2v) is 6.70. The van der Waals surface area contributed by atoms with Gasteiger partial charge in [-0.3, -0.25) is 4.99 Å². The normalized spacial score (nSPS) is 19.3. The summed E-state index contributed by atoms with van der Waals surface area (Å²) in [6.07, 6.45) is 4.40. The van der Waals surface area contributed by atoms with Gasteiger partial charge in [0.1, 0.15) is 0 Å². The van der Waals surface area contributed by atoms with Gasteiger partial charge in [-0.05, 0) is 37.5 Å². The Labute approximate surface area is 147 Å². The molecule has 21 heavy (non-hydrogen) atoms. The van der Waals surface area contributed by atoms with Crippen molar-refractivity contribution in [3.8, 4) is 0 Å². The first kappa shape index (κ1) is 21.0. The highest BCUT2D eigenvalue weighted by molar-refractivity contribution is 14.0. The van der Waals surface area contributed by atoms with Crippen LogP contribution in [0.5, 0.6) is 0 Å². The molecule has 0 radical (unpaired) electrons. The summed E-state index contributed by atoms with van der Waals surface area (Å²) in [4.78, 5) is 7.20. The molecule has 1 saturated heterocycles. The van der Waals surface area contributed by atoms with Crippen molar-refractivity contribution in [1.82, 2.24) is 10.2 Å². The third-order valence-corrected chi connectivity index (χ3v) is 4.05. The predicted octanol–water partition coefficient (Wildman–Crippen LogP) is 3.10. The van der Waals surface area contributed by atoms with Crippen LogP contribution < -0.4 is 5.32 Å². The van der Waals surface area contributed by atoms with Gasteiger partial charge in [0.15, 0.2) is 5.96 Å². The standard InChI is InChI=1S/C16H33N3O.HI/c1-5-7-14(8-11-20)12-18-15(17-6-2)19-10-9-16(3,4)13-19;/h14,20H,5-13H2,1-4H3,(H,17,18);1H. The fraction of sp³-hybridized carbons (Fsp3) is 0.938. The lowest BCUT2D eigenvalue weighted by Gasteiger charge is -2.24. The smallest absolute Gasteiger partial charge is 0.193 e. The van der Waals surface area contributed by atoms with Gasteiger partial charge >= 0.3 is 0 Å². The van der Waals surface area contributed by atoms with Crippen molar-refractivity contribution in [2.45, 2.75) is 53.4 Å². The summed E-state index contributed by atoms with van der Waals surface area (Å²) < 4.78 is 0. The quantitative estimate of drug-likeness (QED) is 0.385. The number of nitrogens with one attached hydrogen (secondary N) is 1. The highest BCUT2D eigenvalue weighted by Crippen LogP contribution is 2.28. The Bertz CT molecular complexity index is 302. The van der Waals surface area contributed by atoms with E-state index in [0.29, 0.717) is 11.3 Å². The summed E-state index contributed by atoms with van der Waals surface area (Å²) in [7, 11) is 0. The van der Waals surface area contributed by atoms with Crippen LogP contribution in [-0.4, -0.2) is 48.8 Å². The molecular formula is C16H34IN3O. The Morgan fingerprint density at radius 3 is 2.52 bits per heavy atom. The molecule has 1 aliphatic rings. The van der Waals surface area contributed by atoms with Crippen LogP contribution in [0.4, 0.5) is 0 Å². The fourth-order valence-electron chi connectivity index (χ4n) is 2.85. The maximum absolute atomic E-state index is 9.14. The summed E-state index contributed by atoms with van der Waals surface area (Å²) in [5.41, 5.74) is 0.393. The van der Waals surface area contributed by atoms with Gasteiger partial charge in [0.05, 0.1) is 0 Å². The molecule has 1 heterocycles. The highest BCUT2D eigenvalue weighted by atomic mass is 127. The van der Waals surface area contributed by atoms with Gasteiger partial charge in [-0.2, -0.15) is 0 Å². The molecule has 0 aromatic carbocycles. The summed E-state index contributed by atoms with van der Waals surface area (Å²) in [6, 6.07) is 0. The number of hydrogen-bond donors (Lipinski definition) is 2. The van der Waals surface area contributed by atoms with Crippen LogP contribution in [0.2, 0.25) is 0 Å². The zero-order valence-corrected chi connectivity index (χ0v) is 16.5. The number of halogens is 1. The number of aliphatic hydroxyl groups excluding tert-OH is 1. The first-order valence-corrected chi connectivity index (χ1v) is 8.16. The second kappa shape index (κ2) is 10.6. The maximum atomic E-state index is 9.14. The van der Waals surface area contributed by atoms with Crippen molar-refractivity contribution < 1.29 is 5.11 Å². The third-order valence-electron chi connectivity index (χ3n) is 4.05. The molecule has 126 valence electrons. The zero-order valence-electron chi connectivity index (χ0n) is 14.2. The molecule has 5 heteroatoms. The molecule has 0 aromatic heterocycles. The van der Waals surface area contributed by atoms with E-state index in [4.69, 9.17) is 10.1 Å². The third kappa shape index (κ3) is 7.68. The molecule has 0 aromatic rings. The van der Waals surface area contributed by atoms with Gasteiger partial charge in [0, 0.05) is 32.8 Å². The lowest BCUT2D eigenvalue weighted by molar-refractivity contribution is 0.253. The largest absolute Gasteiger partial charge is 0.396 e. The summed E-state index contributed by atoms with van der Waals surface area (Å²) >= 11 is 0. The molecule has 1 fully saturated rings. The van der Waals surface area contributed by atoms with E-state index in [1.807, 2.05) is 0 Å². The van der Waals surface area contributed by atoms with Crippen LogP contribution in [0.25, 0.3) is 0 Å². The topological polar surface area (TPSA) is 47.9 Å². The molecular weight excluding hydrogens is 377 g/mol. The number of rotatable bonds is 7. The van der Waals surface area contributed by atoms with E-state index in [0.717, 1.165) is 51.4 Å². The Morgan fingerprint density at radius 1 is 1.33 bits per heavy atom. The van der Waals surface area contributed by atoms with Crippen molar-refractivity contribution in [2.75, 3.05) is 32.8 Å². The number of guanidine groups is 1. The van der Waals surface area contributed by atoms with Crippen LogP contribution in [0.15, 0.2) is 4.99 Å². The lowest BCUT2D eigenvalue weighted by atomic mass is 9.93. The van der Waals surface area contributed by atoms with E-state index in [9.17, 15) is 0 Å². The van der Waals surface area contributed by atoms with Gasteiger partial charge in [-0.25, -0.2) is 0 Å². The lowest BCUT2D eigenvalue weighted by Crippen LogP contribution is -2.41. The molecule has 2 N–H and O–H groups in total. The van der Waals surface area contributed by atoms with E-state index in [1.165, 1.54) is 6.42 Å². The number of likely N-dealkylation sites (tertiary alicyclic amines) is 1. The Kier molecular flexibility index (Phi) is 10.6. The molecule has 1 atom stereocenters. The molecule has 4 nitrogen and oxygen atoms in total. The molecule has 0 bridgehead atoms. The van der Waals surface area contributed by atoms with E-state index >= 15 is 0 Å². The van der Waals surface area contributed by atoms with E-state index in [-0.39, 0.29) is 30.6 Å². The average molecular weight is 411 g/mol. The second-order valence-electron chi connectivity index (χ2n) is 6.70. The van der Waals surface area contributed by atoms with Crippen LogP contribution in [-0.2, 0) is 0 Å². The molecule has 1 aliphatic heterocycles. The minimum Gasteiger partial charge on any atom is -0.396 e. The van der Waals surface area contributed by atoms with Gasteiger partial charge in [0.25, 0.3) is 0 Å². The number of aliphatic imine (C=N–C) groups is 1. The van der Waals surface area contributed by atoms with Gasteiger partial charge in [-0.1, -0.05) is 27.2 Å². The van der Waals surface area contributed by atoms with Crippen molar-refractivity contribution in [2.24, 2.45) is 16.3 Å². The number of aliphatic hydroxyl groups is 1. The van der Waals surface area contributed by atoms with Crippen molar-refractivity contribution >= 4 is 29.9 Å². The van der Waals surface area contributed by atoms with Crippen LogP contribution in [0, 0.1) is 11.3 Å².